The van der Waals surface area contributed by atoms with Crippen LogP contribution < -0.4 is 10.1 Å². The third kappa shape index (κ3) is 2.12. The van der Waals surface area contributed by atoms with Gasteiger partial charge in [-0.2, -0.15) is 0 Å². The van der Waals surface area contributed by atoms with Gasteiger partial charge in [0.25, 0.3) is 0 Å². The van der Waals surface area contributed by atoms with Gasteiger partial charge in [0.2, 0.25) is 0 Å². The summed E-state index contributed by atoms with van der Waals surface area (Å²) in [5.74, 6) is -2.01. The number of rotatable bonds is 1. The molecule has 0 saturated heterocycles. The Kier molecular flexibility index (Phi) is 2.81. The van der Waals surface area contributed by atoms with E-state index in [0.717, 1.165) is 6.07 Å². The second kappa shape index (κ2) is 4.50. The lowest BCUT2D eigenvalue weighted by Crippen LogP contribution is -2.24. The van der Waals surface area contributed by atoms with Gasteiger partial charge in [-0.25, -0.2) is 13.2 Å². The number of hydrogen-bond donors (Lipinski definition) is 1. The van der Waals surface area contributed by atoms with E-state index >= 15 is 0 Å². The van der Waals surface area contributed by atoms with Crippen LogP contribution in [0, 0.1) is 17.5 Å². The predicted molar refractivity (Wildman–Crippen MR) is 64.6 cm³/mol. The molecule has 0 saturated carbocycles. The molecule has 0 aliphatic carbocycles. The minimum atomic E-state index is -0.936. The van der Waals surface area contributed by atoms with Crippen LogP contribution >= 0.6 is 0 Å². The summed E-state index contributed by atoms with van der Waals surface area (Å²) in [7, 11) is 0. The molecule has 1 atom stereocenters. The van der Waals surface area contributed by atoms with Gasteiger partial charge < -0.3 is 10.1 Å². The second-order valence-corrected chi connectivity index (χ2v) is 4.27. The van der Waals surface area contributed by atoms with E-state index < -0.39 is 23.6 Å². The summed E-state index contributed by atoms with van der Waals surface area (Å²) in [6.45, 7) is 0.291. The van der Waals surface area contributed by atoms with Crippen molar-refractivity contribution in [2.45, 2.75) is 6.10 Å². The molecule has 2 aromatic carbocycles. The summed E-state index contributed by atoms with van der Waals surface area (Å²) < 4.78 is 45.5. The highest BCUT2D eigenvalue weighted by molar-refractivity contribution is 5.58. The summed E-state index contributed by atoms with van der Waals surface area (Å²) in [6, 6.07) is 7.97. The van der Waals surface area contributed by atoms with E-state index in [4.69, 9.17) is 4.74 Å². The number of nitrogens with one attached hydrogen (secondary N) is 1. The van der Waals surface area contributed by atoms with Crippen LogP contribution in [0.3, 0.4) is 0 Å². The van der Waals surface area contributed by atoms with E-state index in [1.54, 1.807) is 6.07 Å². The first-order valence-electron chi connectivity index (χ1n) is 5.79. The Bertz CT molecular complexity index is 630. The van der Waals surface area contributed by atoms with Crippen LogP contribution in [-0.2, 0) is 0 Å². The van der Waals surface area contributed by atoms with Crippen LogP contribution in [0.15, 0.2) is 36.4 Å². The van der Waals surface area contributed by atoms with Crippen LogP contribution in [0.1, 0.15) is 11.7 Å². The molecule has 5 heteroatoms. The number of ether oxygens (including phenoxy) is 1. The molecule has 0 spiro atoms. The van der Waals surface area contributed by atoms with E-state index in [9.17, 15) is 13.2 Å². The van der Waals surface area contributed by atoms with Crippen molar-refractivity contribution >= 4 is 5.69 Å². The Morgan fingerprint density at radius 1 is 1.11 bits per heavy atom. The van der Waals surface area contributed by atoms with Crippen molar-refractivity contribution in [1.29, 1.82) is 0 Å². The maximum absolute atomic E-state index is 13.7. The molecule has 0 fully saturated rings. The lowest BCUT2D eigenvalue weighted by Gasteiger charge is -2.27. The smallest absolute Gasteiger partial charge is 0.165 e. The maximum Gasteiger partial charge on any atom is 0.165 e. The molecule has 2 aromatic rings. The largest absolute Gasteiger partial charge is 0.481 e. The van der Waals surface area contributed by atoms with Crippen LogP contribution in [0.25, 0.3) is 0 Å². The van der Waals surface area contributed by atoms with Crippen LogP contribution in [0.5, 0.6) is 5.75 Å². The Morgan fingerprint density at radius 3 is 2.79 bits per heavy atom. The molecule has 98 valence electrons. The van der Waals surface area contributed by atoms with E-state index in [2.05, 4.69) is 5.32 Å². The highest BCUT2D eigenvalue weighted by Gasteiger charge is 2.25. The third-order valence-electron chi connectivity index (χ3n) is 3.02. The normalized spacial score (nSPS) is 17.3. The zero-order valence-corrected chi connectivity index (χ0v) is 9.79. The van der Waals surface area contributed by atoms with Gasteiger partial charge >= 0.3 is 0 Å². The van der Waals surface area contributed by atoms with Gasteiger partial charge in [0.05, 0.1) is 12.2 Å². The third-order valence-corrected chi connectivity index (χ3v) is 3.02. The lowest BCUT2D eigenvalue weighted by molar-refractivity contribution is 0.203. The molecule has 1 aliphatic rings. The van der Waals surface area contributed by atoms with Crippen LogP contribution in [-0.4, -0.2) is 6.54 Å². The van der Waals surface area contributed by atoms with Crippen LogP contribution in [0.4, 0.5) is 18.9 Å². The van der Waals surface area contributed by atoms with Crippen molar-refractivity contribution in [3.05, 3.63) is 59.4 Å². The fourth-order valence-electron chi connectivity index (χ4n) is 2.08. The molecule has 1 aliphatic heterocycles. The average molecular weight is 265 g/mol. The summed E-state index contributed by atoms with van der Waals surface area (Å²) in [6.07, 6.45) is -0.690. The van der Waals surface area contributed by atoms with Crippen LogP contribution in [0.2, 0.25) is 0 Å². The lowest BCUT2D eigenvalue weighted by atomic mass is 10.1. The molecule has 0 bridgehead atoms. The molecular formula is C14H10F3NO. The first-order valence-corrected chi connectivity index (χ1v) is 5.79. The topological polar surface area (TPSA) is 21.3 Å². The second-order valence-electron chi connectivity index (χ2n) is 4.27. The Labute approximate surface area is 107 Å². The molecule has 0 amide bonds. The van der Waals surface area contributed by atoms with Gasteiger partial charge in [0.15, 0.2) is 11.6 Å². The van der Waals surface area contributed by atoms with E-state index in [-0.39, 0.29) is 5.56 Å². The minimum absolute atomic E-state index is 0.113. The Hall–Kier alpha value is -2.17. The number of halogens is 3. The fraction of sp³-hybridized carbons (Fsp3) is 0.143. The molecule has 0 radical (unpaired) electrons. The minimum Gasteiger partial charge on any atom is -0.481 e. The van der Waals surface area contributed by atoms with Crippen molar-refractivity contribution < 1.29 is 17.9 Å². The maximum atomic E-state index is 13.7. The molecule has 19 heavy (non-hydrogen) atoms. The summed E-state index contributed by atoms with van der Waals surface area (Å²) >= 11 is 0. The molecule has 3 rings (SSSR count). The van der Waals surface area contributed by atoms with Gasteiger partial charge in [-0.1, -0.05) is 12.1 Å². The molecule has 1 N–H and O–H groups in total. The number of benzene rings is 2. The number of anilines is 1. The van der Waals surface area contributed by atoms with Gasteiger partial charge in [-0.15, -0.1) is 0 Å². The quantitative estimate of drug-likeness (QED) is 0.849. The Balaban J connectivity index is 1.95. The SMILES string of the molecule is Fc1ccc2c(c1)OC(c1cccc(F)c1F)CN2. The molecule has 1 unspecified atom stereocenters. The van der Waals surface area contributed by atoms with Crippen molar-refractivity contribution in [3.8, 4) is 5.75 Å². The van der Waals surface area contributed by atoms with Crippen molar-refractivity contribution in [2.24, 2.45) is 0 Å². The number of hydrogen-bond acceptors (Lipinski definition) is 2. The molecule has 2 nitrogen and oxygen atoms in total. The molecular weight excluding hydrogens is 255 g/mol. The van der Waals surface area contributed by atoms with Gasteiger partial charge in [0, 0.05) is 11.6 Å². The fourth-order valence-corrected chi connectivity index (χ4v) is 2.08. The highest BCUT2D eigenvalue weighted by atomic mass is 19.2. The van der Waals surface area contributed by atoms with E-state index in [0.29, 0.717) is 18.0 Å². The number of fused-ring (bicyclic) bond motifs is 1. The molecule has 1 heterocycles. The van der Waals surface area contributed by atoms with Crippen molar-refractivity contribution in [3.63, 3.8) is 0 Å². The first kappa shape index (κ1) is 11.9. The molecule has 0 aromatic heterocycles. The highest BCUT2D eigenvalue weighted by Crippen LogP contribution is 2.35. The Morgan fingerprint density at radius 2 is 1.95 bits per heavy atom. The van der Waals surface area contributed by atoms with E-state index in [1.807, 2.05) is 0 Å². The predicted octanol–water partition coefficient (Wildman–Crippen LogP) is 3.65. The van der Waals surface area contributed by atoms with Gasteiger partial charge in [-0.05, 0) is 18.2 Å². The summed E-state index contributed by atoms with van der Waals surface area (Å²) in [5, 5.41) is 3.00. The standard InChI is InChI=1S/C14H10F3NO/c15-8-4-5-11-12(6-8)19-13(7-18-11)9-2-1-3-10(16)14(9)17/h1-6,13,18H,7H2. The summed E-state index contributed by atoms with van der Waals surface area (Å²) in [5.41, 5.74) is 0.747. The zero-order valence-electron chi connectivity index (χ0n) is 9.79. The summed E-state index contributed by atoms with van der Waals surface area (Å²) in [4.78, 5) is 0. The monoisotopic (exact) mass is 265 g/mol. The van der Waals surface area contributed by atoms with E-state index in [1.165, 1.54) is 24.3 Å². The first-order chi connectivity index (χ1) is 9.15. The van der Waals surface area contributed by atoms with Gasteiger partial charge in [-0.3, -0.25) is 0 Å². The van der Waals surface area contributed by atoms with Crippen molar-refractivity contribution in [1.82, 2.24) is 0 Å². The average Bonchev–Trinajstić information content (AvgIpc) is 2.41. The van der Waals surface area contributed by atoms with Crippen molar-refractivity contribution in [2.75, 3.05) is 11.9 Å². The zero-order chi connectivity index (χ0) is 13.4. The van der Waals surface area contributed by atoms with Gasteiger partial charge in [0.1, 0.15) is 17.7 Å².